The van der Waals surface area contributed by atoms with E-state index < -0.39 is 30.7 Å². The number of anilines is 1. The fourth-order valence-electron chi connectivity index (χ4n) is 5.21. The minimum atomic E-state index is -4.23. The molecule has 3 atom stereocenters. The number of esters is 2. The Morgan fingerprint density at radius 3 is 2.52 bits per heavy atom. The summed E-state index contributed by atoms with van der Waals surface area (Å²) in [5, 5.41) is 2.75. The molecule has 1 aliphatic rings. The number of fused-ring (bicyclic) bond motifs is 1. The lowest BCUT2D eigenvalue weighted by Crippen LogP contribution is -2.36. The number of hydrogen-bond acceptors (Lipinski definition) is 11. The second-order valence-corrected chi connectivity index (χ2v) is 14.6. The van der Waals surface area contributed by atoms with Gasteiger partial charge < -0.3 is 19.7 Å². The topological polar surface area (TPSA) is 190 Å². The predicted molar refractivity (Wildman–Crippen MR) is 185 cm³/mol. The Morgan fingerprint density at radius 1 is 1.15 bits per heavy atom. The third kappa shape index (κ3) is 10.0. The van der Waals surface area contributed by atoms with Crippen molar-refractivity contribution in [2.45, 2.75) is 78.7 Å². The van der Waals surface area contributed by atoms with Crippen LogP contribution in [0, 0.1) is 11.3 Å². The molecule has 1 aliphatic carbocycles. The highest BCUT2D eigenvalue weighted by molar-refractivity contribution is 9.10. The van der Waals surface area contributed by atoms with Gasteiger partial charge in [-0.05, 0) is 68.4 Å². The summed E-state index contributed by atoms with van der Waals surface area (Å²) in [5.74, 6) is -0.548. The number of aromatic nitrogens is 4. The zero-order valence-corrected chi connectivity index (χ0v) is 30.2. The quantitative estimate of drug-likeness (QED) is 0.0962. The number of aromatic amines is 1. The molecule has 0 aliphatic heterocycles. The lowest BCUT2D eigenvalue weighted by atomic mass is 9.99. The highest BCUT2D eigenvalue weighted by atomic mass is 79.9. The Balaban J connectivity index is 1.57. The molecular formula is C32H44BrN6O8P. The van der Waals surface area contributed by atoms with E-state index in [-0.39, 0.29) is 61.0 Å². The molecule has 0 saturated heterocycles. The molecule has 0 spiro atoms. The van der Waals surface area contributed by atoms with Crippen LogP contribution in [0.25, 0.3) is 17.4 Å². The van der Waals surface area contributed by atoms with E-state index in [2.05, 4.69) is 49.8 Å². The normalized spacial score (nSPS) is 18.5. The number of halogens is 1. The van der Waals surface area contributed by atoms with Crippen LogP contribution in [0.1, 0.15) is 72.6 Å². The molecule has 2 heterocycles. The van der Waals surface area contributed by atoms with Gasteiger partial charge in [0.05, 0.1) is 18.6 Å². The number of nitrogen functional groups attached to an aromatic ring is 1. The largest absolute Gasteiger partial charge is 0.465 e. The van der Waals surface area contributed by atoms with E-state index >= 15 is 0 Å². The van der Waals surface area contributed by atoms with E-state index in [1.165, 1.54) is 13.3 Å². The molecule has 262 valence electrons. The smallest absolute Gasteiger partial charge is 0.459 e. The van der Waals surface area contributed by atoms with Gasteiger partial charge in [0, 0.05) is 17.1 Å². The number of hydrogen-bond donors (Lipinski definition) is 3. The van der Waals surface area contributed by atoms with Gasteiger partial charge >= 0.3 is 19.7 Å². The molecule has 4 N–H and O–H groups in total. The first-order valence-electron chi connectivity index (χ1n) is 16.1. The summed E-state index contributed by atoms with van der Waals surface area (Å²) in [6.45, 7) is 7.59. The Bertz CT molecular complexity index is 1700. The van der Waals surface area contributed by atoms with Gasteiger partial charge in [-0.2, -0.15) is 10.1 Å². The maximum atomic E-state index is 14.3. The van der Waals surface area contributed by atoms with E-state index in [0.29, 0.717) is 12.8 Å². The highest BCUT2D eigenvalue weighted by Crippen LogP contribution is 2.56. The molecule has 14 nitrogen and oxygen atoms in total. The fraction of sp³-hybridized carbons (Fsp3) is 0.531. The van der Waals surface area contributed by atoms with Gasteiger partial charge in [-0.15, -0.1) is 0 Å². The summed E-state index contributed by atoms with van der Waals surface area (Å²) in [4.78, 5) is 48.4. The molecule has 4 rings (SSSR count). The number of ether oxygens (including phenoxy) is 2. The Hall–Kier alpha value is -3.52. The van der Waals surface area contributed by atoms with Gasteiger partial charge in [-0.25, -0.2) is 9.55 Å². The van der Waals surface area contributed by atoms with Crippen molar-refractivity contribution in [2.24, 2.45) is 11.3 Å². The van der Waals surface area contributed by atoms with Crippen LogP contribution < -0.4 is 20.9 Å². The second kappa shape index (κ2) is 16.7. The van der Waals surface area contributed by atoms with E-state index in [1.54, 1.807) is 35.0 Å². The van der Waals surface area contributed by atoms with E-state index in [1.807, 2.05) is 6.92 Å². The zero-order chi connectivity index (χ0) is 34.9. The molecule has 48 heavy (non-hydrogen) atoms. The lowest BCUT2D eigenvalue weighted by molar-refractivity contribution is -0.147. The summed E-state index contributed by atoms with van der Waals surface area (Å²) in [5.41, 5.74) is 5.49. The Morgan fingerprint density at radius 2 is 1.85 bits per heavy atom. The number of carbonyl (C=O) groups is 2. The molecule has 0 radical (unpaired) electrons. The third-order valence-electron chi connectivity index (χ3n) is 7.90. The first kappa shape index (κ1) is 37.3. The third-order valence-corrected chi connectivity index (χ3v) is 10.1. The van der Waals surface area contributed by atoms with Gasteiger partial charge in [0.25, 0.3) is 5.56 Å². The van der Waals surface area contributed by atoms with Crippen molar-refractivity contribution in [1.29, 1.82) is 0 Å². The van der Waals surface area contributed by atoms with E-state index in [0.717, 1.165) is 35.7 Å². The average Bonchev–Trinajstić information content (AvgIpc) is 3.57. The van der Waals surface area contributed by atoms with Gasteiger partial charge in [0.1, 0.15) is 24.7 Å². The van der Waals surface area contributed by atoms with E-state index in [4.69, 9.17) is 24.3 Å². The summed E-state index contributed by atoms with van der Waals surface area (Å²) < 4.78 is 39.8. The first-order valence-corrected chi connectivity index (χ1v) is 18.5. The van der Waals surface area contributed by atoms with Crippen LogP contribution in [0.4, 0.5) is 5.95 Å². The van der Waals surface area contributed by atoms with E-state index in [9.17, 15) is 18.9 Å². The van der Waals surface area contributed by atoms with Crippen molar-refractivity contribution in [1.82, 2.24) is 24.6 Å². The van der Waals surface area contributed by atoms with Crippen LogP contribution in [0.5, 0.6) is 5.75 Å². The van der Waals surface area contributed by atoms with Crippen LogP contribution in [0.3, 0.4) is 0 Å². The molecular weight excluding hydrogens is 707 g/mol. The summed E-state index contributed by atoms with van der Waals surface area (Å²) >= 11 is 3.38. The Kier molecular flexibility index (Phi) is 13.0. The maximum Gasteiger partial charge on any atom is 0.459 e. The molecule has 16 heteroatoms. The average molecular weight is 752 g/mol. The number of benzene rings is 1. The molecule has 0 unspecified atom stereocenters. The van der Waals surface area contributed by atoms with Crippen LogP contribution in [-0.4, -0.2) is 57.3 Å². The van der Waals surface area contributed by atoms with Gasteiger partial charge in [-0.1, -0.05) is 49.5 Å². The number of rotatable bonds is 19. The van der Waals surface area contributed by atoms with Crippen LogP contribution in [0.15, 0.2) is 45.4 Å². The maximum absolute atomic E-state index is 14.3. The van der Waals surface area contributed by atoms with Crippen molar-refractivity contribution < 1.29 is 32.7 Å². The van der Waals surface area contributed by atoms with Crippen LogP contribution in [-0.2, 0) is 28.2 Å². The number of carbonyl (C=O) groups excluding carboxylic acids is 2. The highest BCUT2D eigenvalue weighted by Gasteiger charge is 2.52. The van der Waals surface area contributed by atoms with Crippen LogP contribution >= 0.6 is 23.7 Å². The minimum Gasteiger partial charge on any atom is -0.465 e. The molecule has 1 aromatic carbocycles. The number of imidazole rings is 1. The Labute approximate surface area is 287 Å². The minimum absolute atomic E-state index is 0.0629. The number of nitrogens with zero attached hydrogens (tertiary/aromatic N) is 3. The predicted octanol–water partition coefficient (Wildman–Crippen LogP) is 5.98. The summed E-state index contributed by atoms with van der Waals surface area (Å²) in [7, 11) is -4.23. The monoisotopic (exact) mass is 750 g/mol. The van der Waals surface area contributed by atoms with Crippen molar-refractivity contribution in [3.05, 3.63) is 51.0 Å². The van der Waals surface area contributed by atoms with Crippen molar-refractivity contribution >= 4 is 58.9 Å². The van der Waals surface area contributed by atoms with Crippen molar-refractivity contribution in [2.75, 3.05) is 25.6 Å². The molecule has 1 saturated carbocycles. The van der Waals surface area contributed by atoms with Crippen molar-refractivity contribution in [3.63, 3.8) is 0 Å². The number of nitrogens with two attached hydrogens (primary N) is 1. The molecule has 0 bridgehead atoms. The van der Waals surface area contributed by atoms with Crippen LogP contribution in [0.2, 0.25) is 0 Å². The van der Waals surface area contributed by atoms with Crippen molar-refractivity contribution in [3.8, 4) is 5.75 Å². The summed E-state index contributed by atoms with van der Waals surface area (Å²) in [6, 6.07) is 5.63. The number of nitrogens with one attached hydrogen (secondary N) is 2. The summed E-state index contributed by atoms with van der Waals surface area (Å²) in [6.07, 6.45) is 8.20. The fourth-order valence-corrected chi connectivity index (χ4v) is 7.05. The standard InChI is InChI=1S/C32H44BrN6O8P/c1-5-8-22(9-6-2)17-44-30(42)21(4)38-48(43,47-25-13-11-24(33)12-14-25)46-19-32(18-45-26(40)10-7-3)15-23(32)16-39-20-35-27-28(39)36-31(34)37-29(27)41/h11-14,16,20-22H,5-10,15,17-19H2,1-4H3,(H,38,43)(H3,34,36,37,41)/b23-16-/t21-,32-,48-/m0/s1. The van der Waals surface area contributed by atoms with Gasteiger partial charge in [-0.3, -0.25) is 28.5 Å². The zero-order valence-electron chi connectivity index (χ0n) is 27.7. The molecule has 1 fully saturated rings. The first-order chi connectivity index (χ1) is 22.9. The number of H-pyrrole nitrogens is 1. The molecule has 0 amide bonds. The second-order valence-electron chi connectivity index (χ2n) is 12.0. The molecule has 3 aromatic rings. The molecule has 2 aromatic heterocycles. The van der Waals surface area contributed by atoms with Gasteiger partial charge in [0.2, 0.25) is 5.95 Å². The lowest BCUT2D eigenvalue weighted by Gasteiger charge is -2.25. The SMILES string of the molecule is CCCC(=O)OC[C@]1(CO[P@@](=O)(N[C@@H](C)C(=O)OCC(CCC)CCC)Oc2ccc(Br)cc2)C/C1=C/n1cnc2c(=O)[nH]c(N)nc21. The van der Waals surface area contributed by atoms with Gasteiger partial charge in [0.15, 0.2) is 11.2 Å².